The molecule has 1 aromatic rings. The van der Waals surface area contributed by atoms with Crippen LogP contribution in [0.4, 0.5) is 5.69 Å². The molecular formula is C7H7BrN2O. The minimum atomic E-state index is 0.596. The molecule has 0 unspecified atom stereocenters. The predicted octanol–water partition coefficient (Wildman–Crippen LogP) is 1.63. The zero-order valence-electron chi connectivity index (χ0n) is 6.04. The van der Waals surface area contributed by atoms with E-state index in [0.29, 0.717) is 6.73 Å². The van der Waals surface area contributed by atoms with E-state index >= 15 is 0 Å². The van der Waals surface area contributed by atoms with Gasteiger partial charge < -0.3 is 9.64 Å². The van der Waals surface area contributed by atoms with E-state index in [9.17, 15) is 0 Å². The van der Waals surface area contributed by atoms with Crippen molar-refractivity contribution in [2.75, 3.05) is 18.7 Å². The first kappa shape index (κ1) is 6.91. The standard InChI is InChI=1S/C7H7BrN2O/c1-10-4-11-7-6(10)2-5(8)3-9-7/h2-3H,4H2,1H3. The number of pyridine rings is 1. The highest BCUT2D eigenvalue weighted by molar-refractivity contribution is 9.10. The van der Waals surface area contributed by atoms with Crippen molar-refractivity contribution in [3.63, 3.8) is 0 Å². The molecule has 3 nitrogen and oxygen atoms in total. The molecule has 0 radical (unpaired) electrons. The van der Waals surface area contributed by atoms with E-state index in [4.69, 9.17) is 4.74 Å². The summed E-state index contributed by atoms with van der Waals surface area (Å²) in [6.45, 7) is 0.596. The number of ether oxygens (including phenoxy) is 1. The van der Waals surface area contributed by atoms with Gasteiger partial charge in [-0.25, -0.2) is 4.98 Å². The summed E-state index contributed by atoms with van der Waals surface area (Å²) in [6, 6.07) is 2.00. The lowest BCUT2D eigenvalue weighted by atomic mass is 10.4. The van der Waals surface area contributed by atoms with Gasteiger partial charge in [-0.3, -0.25) is 0 Å². The molecule has 0 N–H and O–H groups in total. The molecule has 2 rings (SSSR count). The number of rotatable bonds is 0. The second-order valence-electron chi connectivity index (χ2n) is 2.45. The molecule has 0 aromatic carbocycles. The van der Waals surface area contributed by atoms with Crippen LogP contribution in [0.1, 0.15) is 0 Å². The summed E-state index contributed by atoms with van der Waals surface area (Å²) in [5, 5.41) is 0. The Hall–Kier alpha value is -0.770. The third kappa shape index (κ3) is 1.07. The Morgan fingerprint density at radius 2 is 2.55 bits per heavy atom. The molecular weight excluding hydrogens is 208 g/mol. The molecule has 0 spiro atoms. The molecule has 0 bridgehead atoms. The highest BCUT2D eigenvalue weighted by Crippen LogP contribution is 2.32. The molecule has 0 aliphatic carbocycles. The van der Waals surface area contributed by atoms with Crippen molar-refractivity contribution in [3.8, 4) is 5.88 Å². The molecule has 0 saturated heterocycles. The lowest BCUT2D eigenvalue weighted by Crippen LogP contribution is -2.14. The van der Waals surface area contributed by atoms with Gasteiger partial charge in [-0.2, -0.15) is 0 Å². The third-order valence-electron chi connectivity index (χ3n) is 1.61. The van der Waals surface area contributed by atoms with Gasteiger partial charge in [0.05, 0.1) is 0 Å². The molecule has 0 amide bonds. The minimum Gasteiger partial charge on any atom is -0.455 e. The van der Waals surface area contributed by atoms with Crippen molar-refractivity contribution >= 4 is 21.6 Å². The minimum absolute atomic E-state index is 0.596. The number of nitrogens with zero attached hydrogens (tertiary/aromatic N) is 2. The second kappa shape index (κ2) is 2.37. The van der Waals surface area contributed by atoms with E-state index in [2.05, 4.69) is 20.9 Å². The maximum atomic E-state index is 5.26. The highest BCUT2D eigenvalue weighted by atomic mass is 79.9. The van der Waals surface area contributed by atoms with Crippen molar-refractivity contribution in [2.45, 2.75) is 0 Å². The smallest absolute Gasteiger partial charge is 0.239 e. The van der Waals surface area contributed by atoms with Crippen molar-refractivity contribution in [3.05, 3.63) is 16.7 Å². The average molecular weight is 215 g/mol. The van der Waals surface area contributed by atoms with E-state index in [1.165, 1.54) is 0 Å². The lowest BCUT2D eigenvalue weighted by molar-refractivity contribution is 0.341. The molecule has 2 heterocycles. The van der Waals surface area contributed by atoms with Crippen molar-refractivity contribution in [1.29, 1.82) is 0 Å². The van der Waals surface area contributed by atoms with E-state index in [-0.39, 0.29) is 0 Å². The van der Waals surface area contributed by atoms with Gasteiger partial charge in [-0.1, -0.05) is 0 Å². The summed E-state index contributed by atoms with van der Waals surface area (Å²) in [5.74, 6) is 0.718. The Kier molecular flexibility index (Phi) is 1.49. The molecule has 0 atom stereocenters. The maximum absolute atomic E-state index is 5.26. The van der Waals surface area contributed by atoms with Gasteiger partial charge >= 0.3 is 0 Å². The third-order valence-corrected chi connectivity index (χ3v) is 2.04. The van der Waals surface area contributed by atoms with Crippen LogP contribution < -0.4 is 9.64 Å². The van der Waals surface area contributed by atoms with Crippen LogP contribution in [-0.4, -0.2) is 18.8 Å². The summed E-state index contributed by atoms with van der Waals surface area (Å²) in [7, 11) is 1.97. The maximum Gasteiger partial charge on any atom is 0.239 e. The molecule has 0 saturated carbocycles. The van der Waals surface area contributed by atoms with Gasteiger partial charge in [-0.15, -0.1) is 0 Å². The second-order valence-corrected chi connectivity index (χ2v) is 3.36. The Morgan fingerprint density at radius 3 is 3.36 bits per heavy atom. The van der Waals surface area contributed by atoms with Crippen LogP contribution in [0.15, 0.2) is 16.7 Å². The van der Waals surface area contributed by atoms with Crippen LogP contribution in [0.5, 0.6) is 5.88 Å². The summed E-state index contributed by atoms with van der Waals surface area (Å²) in [6.07, 6.45) is 1.73. The van der Waals surface area contributed by atoms with Crippen LogP contribution in [-0.2, 0) is 0 Å². The fourth-order valence-corrected chi connectivity index (χ4v) is 1.35. The van der Waals surface area contributed by atoms with Crippen LogP contribution in [0.25, 0.3) is 0 Å². The number of anilines is 1. The quantitative estimate of drug-likeness (QED) is 0.657. The Bertz CT molecular complexity index is 290. The van der Waals surface area contributed by atoms with Gasteiger partial charge in [0, 0.05) is 17.7 Å². The summed E-state index contributed by atoms with van der Waals surface area (Å²) < 4.78 is 6.24. The Morgan fingerprint density at radius 1 is 1.73 bits per heavy atom. The first-order valence-corrected chi connectivity index (χ1v) is 4.06. The summed E-state index contributed by atoms with van der Waals surface area (Å²) in [4.78, 5) is 6.11. The van der Waals surface area contributed by atoms with Gasteiger partial charge in [0.15, 0.2) is 6.73 Å². The number of fused-ring (bicyclic) bond motifs is 1. The molecule has 58 valence electrons. The van der Waals surface area contributed by atoms with Crippen LogP contribution in [0.3, 0.4) is 0 Å². The molecule has 11 heavy (non-hydrogen) atoms. The van der Waals surface area contributed by atoms with Gasteiger partial charge in [-0.05, 0) is 22.0 Å². The van der Waals surface area contributed by atoms with Crippen molar-refractivity contribution < 1.29 is 4.74 Å². The predicted molar refractivity (Wildman–Crippen MR) is 45.8 cm³/mol. The molecule has 4 heteroatoms. The van der Waals surface area contributed by atoms with Crippen molar-refractivity contribution in [2.24, 2.45) is 0 Å². The topological polar surface area (TPSA) is 25.4 Å². The van der Waals surface area contributed by atoms with Crippen LogP contribution >= 0.6 is 15.9 Å². The zero-order chi connectivity index (χ0) is 7.84. The fraction of sp³-hybridized carbons (Fsp3) is 0.286. The number of halogens is 1. The highest BCUT2D eigenvalue weighted by Gasteiger charge is 2.17. The number of hydrogen-bond acceptors (Lipinski definition) is 3. The van der Waals surface area contributed by atoms with E-state index in [0.717, 1.165) is 16.0 Å². The fourth-order valence-electron chi connectivity index (χ4n) is 1.03. The Balaban J connectivity index is 2.52. The average Bonchev–Trinajstić information content (AvgIpc) is 2.33. The lowest BCUT2D eigenvalue weighted by Gasteiger charge is -2.06. The Labute approximate surface area is 73.1 Å². The summed E-state index contributed by atoms with van der Waals surface area (Å²) >= 11 is 3.35. The summed E-state index contributed by atoms with van der Waals surface area (Å²) in [5.41, 5.74) is 1.04. The van der Waals surface area contributed by atoms with E-state index in [1.807, 2.05) is 18.0 Å². The first-order valence-electron chi connectivity index (χ1n) is 3.27. The van der Waals surface area contributed by atoms with Crippen LogP contribution in [0.2, 0.25) is 0 Å². The monoisotopic (exact) mass is 214 g/mol. The number of hydrogen-bond donors (Lipinski definition) is 0. The largest absolute Gasteiger partial charge is 0.455 e. The first-order chi connectivity index (χ1) is 5.27. The molecule has 1 aliphatic heterocycles. The van der Waals surface area contributed by atoms with Crippen LogP contribution in [0, 0.1) is 0 Å². The van der Waals surface area contributed by atoms with Gasteiger partial charge in [0.1, 0.15) is 5.69 Å². The number of aromatic nitrogens is 1. The zero-order valence-corrected chi connectivity index (χ0v) is 7.63. The SMILES string of the molecule is CN1COc2ncc(Br)cc21. The van der Waals surface area contributed by atoms with E-state index < -0.39 is 0 Å². The molecule has 0 fully saturated rings. The normalized spacial score (nSPS) is 14.5. The van der Waals surface area contributed by atoms with Crippen molar-refractivity contribution in [1.82, 2.24) is 4.98 Å². The van der Waals surface area contributed by atoms with Gasteiger partial charge in [0.25, 0.3) is 0 Å². The molecule has 1 aliphatic rings. The molecule has 1 aromatic heterocycles. The van der Waals surface area contributed by atoms with E-state index in [1.54, 1.807) is 6.20 Å². The van der Waals surface area contributed by atoms with Gasteiger partial charge in [0.2, 0.25) is 5.88 Å².